The second kappa shape index (κ2) is 3.18. The summed E-state index contributed by atoms with van der Waals surface area (Å²) in [5, 5.41) is 11.6. The number of hydrogen-bond acceptors (Lipinski definition) is 3. The second-order valence-corrected chi connectivity index (χ2v) is 4.05. The normalized spacial score (nSPS) is 38.8. The Morgan fingerprint density at radius 3 is 2.69 bits per heavy atom. The van der Waals surface area contributed by atoms with Gasteiger partial charge in [0.05, 0.1) is 6.54 Å². The fraction of sp³-hybridized carbons (Fsp3) is 0.889. The number of hydrogen-bond donors (Lipinski definition) is 2. The number of rotatable bonds is 1. The Hall–Kier alpha value is -0.770. The number of amides is 1. The standard InChI is InChI=1S/C9H15NO3/c11-5-7-1-3-9(4-2-7)6-10-8(12)13-9/h7,11H,1-6H2,(H,10,12). The summed E-state index contributed by atoms with van der Waals surface area (Å²) in [6.07, 6.45) is 3.41. The molecule has 1 saturated carbocycles. The van der Waals surface area contributed by atoms with Gasteiger partial charge in [-0.3, -0.25) is 0 Å². The predicted molar refractivity (Wildman–Crippen MR) is 46.3 cm³/mol. The molecule has 1 spiro atoms. The highest BCUT2D eigenvalue weighted by Gasteiger charge is 2.42. The van der Waals surface area contributed by atoms with E-state index in [1.54, 1.807) is 0 Å². The van der Waals surface area contributed by atoms with Crippen LogP contribution < -0.4 is 5.32 Å². The van der Waals surface area contributed by atoms with Crippen LogP contribution in [0.25, 0.3) is 0 Å². The maximum absolute atomic E-state index is 10.9. The Labute approximate surface area is 77.3 Å². The molecule has 0 aromatic carbocycles. The second-order valence-electron chi connectivity index (χ2n) is 4.05. The Kier molecular flexibility index (Phi) is 2.15. The molecule has 13 heavy (non-hydrogen) atoms. The minimum atomic E-state index is -0.289. The number of alkyl carbamates (subject to hydrolysis) is 1. The third-order valence-electron chi connectivity index (χ3n) is 3.14. The van der Waals surface area contributed by atoms with E-state index in [0.29, 0.717) is 12.5 Å². The van der Waals surface area contributed by atoms with Crippen molar-refractivity contribution in [2.45, 2.75) is 31.3 Å². The van der Waals surface area contributed by atoms with E-state index in [9.17, 15) is 4.79 Å². The molecule has 2 aliphatic rings. The molecule has 1 heterocycles. The van der Waals surface area contributed by atoms with Crippen molar-refractivity contribution in [3.8, 4) is 0 Å². The molecule has 1 aliphatic carbocycles. The van der Waals surface area contributed by atoms with Crippen LogP contribution in [0.2, 0.25) is 0 Å². The average molecular weight is 185 g/mol. The molecule has 1 saturated heterocycles. The van der Waals surface area contributed by atoms with E-state index < -0.39 is 0 Å². The SMILES string of the molecule is O=C1NCC2(CCC(CO)CC2)O1. The molecule has 0 unspecified atom stereocenters. The quantitative estimate of drug-likeness (QED) is 0.630. The van der Waals surface area contributed by atoms with Gasteiger partial charge in [-0.1, -0.05) is 0 Å². The smallest absolute Gasteiger partial charge is 0.407 e. The lowest BCUT2D eigenvalue weighted by Crippen LogP contribution is -2.38. The Bertz CT molecular complexity index is 209. The number of carbonyl (C=O) groups is 1. The largest absolute Gasteiger partial charge is 0.441 e. The molecule has 2 fully saturated rings. The van der Waals surface area contributed by atoms with Crippen LogP contribution in [0.5, 0.6) is 0 Å². The van der Waals surface area contributed by atoms with Crippen LogP contribution in [-0.2, 0) is 4.74 Å². The van der Waals surface area contributed by atoms with Crippen LogP contribution >= 0.6 is 0 Å². The molecule has 0 bridgehead atoms. The summed E-state index contributed by atoms with van der Waals surface area (Å²) in [6, 6.07) is 0. The first-order valence-corrected chi connectivity index (χ1v) is 4.82. The maximum Gasteiger partial charge on any atom is 0.407 e. The summed E-state index contributed by atoms with van der Waals surface area (Å²) in [4.78, 5) is 10.9. The van der Waals surface area contributed by atoms with Gasteiger partial charge in [0, 0.05) is 6.61 Å². The molecular formula is C9H15NO3. The van der Waals surface area contributed by atoms with Gasteiger partial charge in [-0.25, -0.2) is 4.79 Å². The van der Waals surface area contributed by atoms with Crippen LogP contribution in [0.15, 0.2) is 0 Å². The van der Waals surface area contributed by atoms with E-state index in [1.807, 2.05) is 0 Å². The van der Waals surface area contributed by atoms with E-state index >= 15 is 0 Å². The first-order chi connectivity index (χ1) is 6.24. The van der Waals surface area contributed by atoms with Crippen molar-refractivity contribution in [3.63, 3.8) is 0 Å². The molecule has 0 radical (unpaired) electrons. The van der Waals surface area contributed by atoms with Crippen molar-refractivity contribution in [3.05, 3.63) is 0 Å². The molecule has 1 amide bonds. The molecule has 4 nitrogen and oxygen atoms in total. The number of carbonyl (C=O) groups excluding carboxylic acids is 1. The topological polar surface area (TPSA) is 58.6 Å². The van der Waals surface area contributed by atoms with Crippen molar-refractivity contribution in [2.24, 2.45) is 5.92 Å². The lowest BCUT2D eigenvalue weighted by Gasteiger charge is -2.33. The molecule has 2 rings (SSSR count). The van der Waals surface area contributed by atoms with Gasteiger partial charge >= 0.3 is 6.09 Å². The van der Waals surface area contributed by atoms with Gasteiger partial charge in [0.1, 0.15) is 5.60 Å². The lowest BCUT2D eigenvalue weighted by molar-refractivity contribution is 0.00554. The molecule has 4 heteroatoms. The van der Waals surface area contributed by atoms with Crippen molar-refractivity contribution in [2.75, 3.05) is 13.2 Å². The first-order valence-electron chi connectivity index (χ1n) is 4.82. The fourth-order valence-corrected chi connectivity index (χ4v) is 2.17. The van der Waals surface area contributed by atoms with Gasteiger partial charge in [0.2, 0.25) is 0 Å². The van der Waals surface area contributed by atoms with Gasteiger partial charge in [-0.05, 0) is 31.6 Å². The number of aliphatic hydroxyl groups excluding tert-OH is 1. The molecular weight excluding hydrogens is 170 g/mol. The van der Waals surface area contributed by atoms with Crippen molar-refractivity contribution >= 4 is 6.09 Å². The number of ether oxygens (including phenoxy) is 1. The highest BCUT2D eigenvalue weighted by Crippen LogP contribution is 2.36. The van der Waals surface area contributed by atoms with E-state index in [4.69, 9.17) is 9.84 Å². The maximum atomic E-state index is 10.9. The summed E-state index contributed by atoms with van der Waals surface area (Å²) in [6.45, 7) is 0.904. The molecule has 0 aromatic heterocycles. The van der Waals surface area contributed by atoms with Gasteiger partial charge in [0.25, 0.3) is 0 Å². The lowest BCUT2D eigenvalue weighted by atomic mass is 9.79. The summed E-state index contributed by atoms with van der Waals surface area (Å²) in [5.41, 5.74) is -0.247. The summed E-state index contributed by atoms with van der Waals surface area (Å²) in [7, 11) is 0. The average Bonchev–Trinajstić information content (AvgIpc) is 2.49. The Morgan fingerprint density at radius 1 is 1.54 bits per heavy atom. The summed E-state index contributed by atoms with van der Waals surface area (Å²) >= 11 is 0. The third-order valence-corrected chi connectivity index (χ3v) is 3.14. The first kappa shape index (κ1) is 8.81. The van der Waals surface area contributed by atoms with E-state index in [-0.39, 0.29) is 18.3 Å². The summed E-state index contributed by atoms with van der Waals surface area (Å²) in [5.74, 6) is 0.407. The van der Waals surface area contributed by atoms with Gasteiger partial charge < -0.3 is 15.2 Å². The summed E-state index contributed by atoms with van der Waals surface area (Å²) < 4.78 is 5.25. The Balaban J connectivity index is 1.93. The van der Waals surface area contributed by atoms with E-state index in [0.717, 1.165) is 25.7 Å². The monoisotopic (exact) mass is 185 g/mol. The molecule has 74 valence electrons. The van der Waals surface area contributed by atoms with Crippen LogP contribution in [0.1, 0.15) is 25.7 Å². The fourth-order valence-electron chi connectivity index (χ4n) is 2.17. The Morgan fingerprint density at radius 2 is 2.23 bits per heavy atom. The van der Waals surface area contributed by atoms with Crippen LogP contribution in [0, 0.1) is 5.92 Å². The number of aliphatic hydroxyl groups is 1. The van der Waals surface area contributed by atoms with Crippen molar-refractivity contribution < 1.29 is 14.6 Å². The predicted octanol–water partition coefficient (Wildman–Crippen LogP) is 0.647. The molecule has 2 N–H and O–H groups in total. The molecule has 1 aliphatic heterocycles. The molecule has 0 atom stereocenters. The number of nitrogens with one attached hydrogen (secondary N) is 1. The zero-order chi connectivity index (χ0) is 9.31. The van der Waals surface area contributed by atoms with Gasteiger partial charge in [-0.2, -0.15) is 0 Å². The van der Waals surface area contributed by atoms with Crippen molar-refractivity contribution in [1.29, 1.82) is 0 Å². The highest BCUT2D eigenvalue weighted by atomic mass is 16.6. The van der Waals surface area contributed by atoms with Crippen LogP contribution in [-0.4, -0.2) is 30.0 Å². The van der Waals surface area contributed by atoms with E-state index in [2.05, 4.69) is 5.32 Å². The van der Waals surface area contributed by atoms with Crippen molar-refractivity contribution in [1.82, 2.24) is 5.32 Å². The minimum Gasteiger partial charge on any atom is -0.441 e. The zero-order valence-corrected chi connectivity index (χ0v) is 7.58. The highest BCUT2D eigenvalue weighted by molar-refractivity contribution is 5.70. The van der Waals surface area contributed by atoms with Crippen LogP contribution in [0.3, 0.4) is 0 Å². The van der Waals surface area contributed by atoms with Crippen LogP contribution in [0.4, 0.5) is 4.79 Å². The van der Waals surface area contributed by atoms with Gasteiger partial charge in [-0.15, -0.1) is 0 Å². The third kappa shape index (κ3) is 1.63. The minimum absolute atomic E-state index is 0.247. The zero-order valence-electron chi connectivity index (χ0n) is 7.58. The van der Waals surface area contributed by atoms with E-state index in [1.165, 1.54) is 0 Å². The van der Waals surface area contributed by atoms with Gasteiger partial charge in [0.15, 0.2) is 0 Å². The molecule has 0 aromatic rings.